The Hall–Kier alpha value is -2.91. The molecule has 0 amide bonds. The number of unbranched alkanes of at least 4 members (excludes halogenated alkanes) is 1. The zero-order valence-electron chi connectivity index (χ0n) is 23.7. The zero-order chi connectivity index (χ0) is 28.4. The fraction of sp³-hybridized carbons (Fsp3) is 0.375. The second kappa shape index (κ2) is 14.5. The molecule has 3 aromatic rings. The van der Waals surface area contributed by atoms with Crippen LogP contribution in [0.1, 0.15) is 37.3 Å². The minimum atomic E-state index is -1.15. The van der Waals surface area contributed by atoms with Gasteiger partial charge in [0.2, 0.25) is 0 Å². The molecule has 1 saturated heterocycles. The minimum Gasteiger partial charge on any atom is -0.497 e. The normalized spacial score (nSPS) is 20.2. The molecule has 1 fully saturated rings. The van der Waals surface area contributed by atoms with Crippen molar-refractivity contribution < 1.29 is 29.4 Å². The van der Waals surface area contributed by atoms with Crippen LogP contribution in [0.3, 0.4) is 0 Å². The smallest absolute Gasteiger partial charge is 0.167 e. The van der Waals surface area contributed by atoms with Gasteiger partial charge in [-0.25, -0.2) is 0 Å². The van der Waals surface area contributed by atoms with Crippen LogP contribution >= 0.6 is 8.38 Å². The van der Waals surface area contributed by atoms with E-state index in [-0.39, 0.29) is 12.7 Å². The second-order valence-corrected chi connectivity index (χ2v) is 10.5. The largest absolute Gasteiger partial charge is 0.497 e. The molecule has 1 aliphatic rings. The van der Waals surface area contributed by atoms with Crippen molar-refractivity contribution in [1.82, 2.24) is 0 Å². The van der Waals surface area contributed by atoms with Crippen molar-refractivity contribution in [2.75, 3.05) is 40.7 Å². The van der Waals surface area contributed by atoms with Gasteiger partial charge in [0.05, 0.1) is 34.9 Å². The second-order valence-electron chi connectivity index (χ2n) is 9.12. The van der Waals surface area contributed by atoms with Crippen molar-refractivity contribution in [2.45, 2.75) is 37.1 Å². The molecule has 7 heteroatoms. The van der Waals surface area contributed by atoms with Crippen LogP contribution in [0.5, 0.6) is 11.5 Å². The predicted molar refractivity (Wildman–Crippen MR) is 154 cm³/mol. The standard InChI is InChI=1S/C32H37O6P/c1-5-6-10-22-37-39(4)38-30-21-23-35-31(30)24-36-32(25-11-8-7-9-12-25,26-13-17-28(33-2)18-14-26)27-15-19-29(34-3)20-16-27/h1,7-9,11-20,30-31H,6,10,21-24H2,2-4H3/t30?,31-,39?/m1/s1/i23T/t23-,30?,31+,39?/m0. The molecule has 1 heterocycles. The first-order valence-electron chi connectivity index (χ1n) is 13.6. The average molecular weight is 551 g/mol. The van der Waals surface area contributed by atoms with Gasteiger partial charge in [-0.15, -0.1) is 12.3 Å². The monoisotopic (exact) mass is 550 g/mol. The van der Waals surface area contributed by atoms with Gasteiger partial charge in [0.1, 0.15) is 23.2 Å². The molecular weight excluding hydrogens is 511 g/mol. The molecular formula is C32H37O6P. The lowest BCUT2D eigenvalue weighted by Gasteiger charge is -2.37. The van der Waals surface area contributed by atoms with E-state index < -0.39 is 26.7 Å². The fourth-order valence-corrected chi connectivity index (χ4v) is 5.69. The molecule has 2 unspecified atom stereocenters. The third-order valence-electron chi connectivity index (χ3n) is 6.67. The first kappa shape index (κ1) is 27.6. The molecule has 0 bridgehead atoms. The number of methoxy groups -OCH3 is 2. The van der Waals surface area contributed by atoms with Crippen LogP contribution in [-0.4, -0.2) is 52.9 Å². The van der Waals surface area contributed by atoms with Crippen molar-refractivity contribution in [3.8, 4) is 23.8 Å². The molecule has 206 valence electrons. The van der Waals surface area contributed by atoms with E-state index >= 15 is 0 Å². The molecule has 0 spiro atoms. The molecule has 0 aromatic heterocycles. The first-order chi connectivity index (χ1) is 19.5. The van der Waals surface area contributed by atoms with E-state index in [4.69, 9.17) is 35.8 Å². The maximum Gasteiger partial charge on any atom is 0.167 e. The summed E-state index contributed by atoms with van der Waals surface area (Å²) in [6.07, 6.45) is 6.46. The molecule has 6 nitrogen and oxygen atoms in total. The van der Waals surface area contributed by atoms with E-state index in [1.165, 1.54) is 0 Å². The zero-order valence-corrected chi connectivity index (χ0v) is 23.6. The topological polar surface area (TPSA) is 55.4 Å². The van der Waals surface area contributed by atoms with Crippen molar-refractivity contribution in [3.63, 3.8) is 0 Å². The van der Waals surface area contributed by atoms with Crippen LogP contribution in [0.4, 0.5) is 0 Å². The van der Waals surface area contributed by atoms with E-state index in [1.54, 1.807) is 14.2 Å². The van der Waals surface area contributed by atoms with Gasteiger partial charge in [-0.3, -0.25) is 0 Å². The molecule has 0 aliphatic carbocycles. The Morgan fingerprint density at radius 1 is 0.949 bits per heavy atom. The predicted octanol–water partition coefficient (Wildman–Crippen LogP) is 6.56. The first-order valence-corrected chi connectivity index (χ1v) is 14.7. The maximum absolute atomic E-state index is 8.30. The summed E-state index contributed by atoms with van der Waals surface area (Å²) in [5.74, 6) is 4.13. The summed E-state index contributed by atoms with van der Waals surface area (Å²) in [5, 5.41) is 0. The minimum absolute atomic E-state index is 0.202. The quantitative estimate of drug-likeness (QED) is 0.0981. The van der Waals surface area contributed by atoms with Crippen LogP contribution in [0.25, 0.3) is 0 Å². The third-order valence-corrected chi connectivity index (χ3v) is 7.79. The van der Waals surface area contributed by atoms with E-state index in [9.17, 15) is 0 Å². The summed E-state index contributed by atoms with van der Waals surface area (Å²) < 4.78 is 44.2. The Morgan fingerprint density at radius 2 is 1.54 bits per heavy atom. The van der Waals surface area contributed by atoms with Crippen molar-refractivity contribution in [3.05, 3.63) is 95.6 Å². The maximum atomic E-state index is 8.30. The Labute approximate surface area is 234 Å². The molecule has 39 heavy (non-hydrogen) atoms. The average Bonchev–Trinajstić information content (AvgIpc) is 3.35. The lowest BCUT2D eigenvalue weighted by molar-refractivity contribution is -0.0658. The van der Waals surface area contributed by atoms with Crippen molar-refractivity contribution >= 4 is 8.38 Å². The Balaban J connectivity index is 1.66. The van der Waals surface area contributed by atoms with E-state index in [0.717, 1.165) is 34.6 Å². The fourth-order valence-electron chi connectivity index (χ4n) is 4.64. The van der Waals surface area contributed by atoms with Crippen molar-refractivity contribution in [2.24, 2.45) is 0 Å². The van der Waals surface area contributed by atoms with Gasteiger partial charge in [0.25, 0.3) is 0 Å². The number of hydrogen-bond acceptors (Lipinski definition) is 6. The SMILES string of the molecule is [3H][C@H]1CC(OP(C)OCCCC#C)[C@@H](COC(c2ccccc2)(c2ccc(OC)cc2)c2ccc(OC)cc2)O1. The Kier molecular flexibility index (Phi) is 10.3. The molecule has 4 rings (SSSR count). The summed E-state index contributed by atoms with van der Waals surface area (Å²) in [4.78, 5) is 0. The van der Waals surface area contributed by atoms with Gasteiger partial charge in [-0.1, -0.05) is 54.6 Å². The molecule has 4 atom stereocenters. The van der Waals surface area contributed by atoms with Gasteiger partial charge in [0, 0.05) is 26.1 Å². The molecule has 0 N–H and O–H groups in total. The molecule has 1 aliphatic heterocycles. The summed E-state index contributed by atoms with van der Waals surface area (Å²) in [6.45, 7) is 1.96. The van der Waals surface area contributed by atoms with E-state index in [2.05, 4.69) is 18.1 Å². The molecule has 3 aromatic carbocycles. The summed E-state index contributed by atoms with van der Waals surface area (Å²) in [7, 11) is 2.15. The number of ether oxygens (including phenoxy) is 4. The highest BCUT2D eigenvalue weighted by molar-refractivity contribution is 7.46. The summed E-state index contributed by atoms with van der Waals surface area (Å²) >= 11 is 0. The molecule has 0 saturated carbocycles. The Bertz CT molecular complexity index is 1170. The number of benzene rings is 3. The van der Waals surface area contributed by atoms with E-state index in [0.29, 0.717) is 19.4 Å². The highest BCUT2D eigenvalue weighted by Crippen LogP contribution is 2.43. The third kappa shape index (κ3) is 7.19. The van der Waals surface area contributed by atoms with Crippen molar-refractivity contribution in [1.29, 1.82) is 0 Å². The lowest BCUT2D eigenvalue weighted by Crippen LogP contribution is -2.38. The number of terminal acetylenes is 1. The Morgan fingerprint density at radius 3 is 2.10 bits per heavy atom. The summed E-state index contributed by atoms with van der Waals surface area (Å²) in [6, 6.07) is 25.9. The van der Waals surface area contributed by atoms with Crippen LogP contribution in [0.15, 0.2) is 78.9 Å². The van der Waals surface area contributed by atoms with Gasteiger partial charge < -0.3 is 28.0 Å². The highest BCUT2D eigenvalue weighted by atomic mass is 31.2. The number of hydrogen-bond donors (Lipinski definition) is 0. The van der Waals surface area contributed by atoms with Crippen LogP contribution in [0.2, 0.25) is 0 Å². The van der Waals surface area contributed by atoms with Gasteiger partial charge in [-0.2, -0.15) is 0 Å². The highest BCUT2D eigenvalue weighted by Gasteiger charge is 2.41. The van der Waals surface area contributed by atoms with Crippen LogP contribution in [-0.2, 0) is 24.1 Å². The van der Waals surface area contributed by atoms with Crippen LogP contribution in [0, 0.1) is 12.3 Å². The molecule has 0 radical (unpaired) electrons. The van der Waals surface area contributed by atoms with Gasteiger partial charge in [0.15, 0.2) is 8.38 Å². The van der Waals surface area contributed by atoms with Crippen LogP contribution < -0.4 is 9.47 Å². The summed E-state index contributed by atoms with van der Waals surface area (Å²) in [5.41, 5.74) is 1.84. The van der Waals surface area contributed by atoms with E-state index in [1.807, 2.05) is 73.4 Å². The lowest BCUT2D eigenvalue weighted by atomic mass is 9.80. The van der Waals surface area contributed by atoms with Gasteiger partial charge in [-0.05, 0) is 47.4 Å². The van der Waals surface area contributed by atoms with Gasteiger partial charge >= 0.3 is 0 Å². The number of rotatable bonds is 14.